The van der Waals surface area contributed by atoms with Crippen LogP contribution in [0.1, 0.15) is 5.69 Å². The maximum atomic E-state index is 11.0. The Kier molecular flexibility index (Phi) is 5.79. The molecule has 1 aromatic rings. The van der Waals surface area contributed by atoms with Crippen molar-refractivity contribution in [3.05, 3.63) is 21.5 Å². The normalized spacial score (nSPS) is 10.4. The largest absolute Gasteiger partial charge is 0.476 e. The molecule has 11 heteroatoms. The maximum absolute atomic E-state index is 11.0. The Balaban J connectivity index is 2.75. The number of carboxylic acids is 1. The molecule has 0 aliphatic heterocycles. The monoisotopic (exact) mass is 284 g/mol. The molecular weight excluding hydrogens is 276 g/mol. The summed E-state index contributed by atoms with van der Waals surface area (Å²) in [4.78, 5) is 32.2. The van der Waals surface area contributed by atoms with Gasteiger partial charge in [0.1, 0.15) is 12.3 Å². The van der Waals surface area contributed by atoms with E-state index in [1.807, 2.05) is 0 Å². The number of anilines is 1. The van der Waals surface area contributed by atoms with Gasteiger partial charge in [0.05, 0.1) is 6.54 Å². The summed E-state index contributed by atoms with van der Waals surface area (Å²) < 4.78 is 0. The lowest BCUT2D eigenvalue weighted by Gasteiger charge is -1.98. The fourth-order valence-corrected chi connectivity index (χ4v) is 1.59. The lowest BCUT2D eigenvalue weighted by atomic mass is 10.3. The third kappa shape index (κ3) is 4.61. The van der Waals surface area contributed by atoms with Crippen molar-refractivity contribution in [2.75, 3.05) is 18.5 Å². The Morgan fingerprint density at radius 2 is 2.53 bits per heavy atom. The molecular formula is C8H8N6O4S. The number of carbonyl (C=O) groups excluding carboxylic acids is 1. The van der Waals surface area contributed by atoms with Crippen molar-refractivity contribution in [2.24, 2.45) is 10.3 Å². The van der Waals surface area contributed by atoms with Crippen LogP contribution in [0.25, 0.3) is 10.4 Å². The van der Waals surface area contributed by atoms with Gasteiger partial charge >= 0.3 is 5.97 Å². The average Bonchev–Trinajstić information content (AvgIpc) is 2.82. The molecule has 0 bridgehead atoms. The molecule has 1 aromatic heterocycles. The summed E-state index contributed by atoms with van der Waals surface area (Å²) >= 11 is 1.05. The molecule has 1 rings (SSSR count). The second-order valence-electron chi connectivity index (χ2n) is 2.83. The van der Waals surface area contributed by atoms with E-state index in [1.165, 1.54) is 5.38 Å². The summed E-state index contributed by atoms with van der Waals surface area (Å²) in [5, 5.41) is 19.5. The molecule has 0 spiro atoms. The number of nitrogens with one attached hydrogen (secondary N) is 1. The highest BCUT2D eigenvalue weighted by Crippen LogP contribution is 2.15. The van der Waals surface area contributed by atoms with Crippen molar-refractivity contribution >= 4 is 34.6 Å². The average molecular weight is 284 g/mol. The Morgan fingerprint density at radius 1 is 1.74 bits per heavy atom. The summed E-state index contributed by atoms with van der Waals surface area (Å²) in [5.41, 5.74) is 7.68. The first-order chi connectivity index (χ1) is 9.19. The molecule has 0 aromatic carbocycles. The number of carbonyl (C=O) groups is 2. The molecule has 10 nitrogen and oxygen atoms in total. The molecule has 0 saturated carbocycles. The van der Waals surface area contributed by atoms with Crippen molar-refractivity contribution in [1.82, 2.24) is 4.98 Å². The SMILES string of the molecule is [N-]=[N+]=NCCO/N=C(\C(=O)O)c1csc(NC=O)n1. The van der Waals surface area contributed by atoms with Crippen LogP contribution in [0.5, 0.6) is 0 Å². The van der Waals surface area contributed by atoms with Gasteiger partial charge in [-0.1, -0.05) is 10.3 Å². The number of rotatable bonds is 8. The van der Waals surface area contributed by atoms with Crippen LogP contribution in [0.15, 0.2) is 15.7 Å². The van der Waals surface area contributed by atoms with E-state index in [-0.39, 0.29) is 24.0 Å². The molecule has 0 atom stereocenters. The highest BCUT2D eigenvalue weighted by molar-refractivity contribution is 7.14. The summed E-state index contributed by atoms with van der Waals surface area (Å²) in [5.74, 6) is -1.33. The molecule has 0 saturated heterocycles. The zero-order chi connectivity index (χ0) is 14.1. The van der Waals surface area contributed by atoms with Crippen LogP contribution in [0.4, 0.5) is 5.13 Å². The topological polar surface area (TPSA) is 150 Å². The van der Waals surface area contributed by atoms with Crippen molar-refractivity contribution in [3.63, 3.8) is 0 Å². The Morgan fingerprint density at radius 3 is 3.16 bits per heavy atom. The molecule has 0 unspecified atom stereocenters. The highest BCUT2D eigenvalue weighted by atomic mass is 32.1. The van der Waals surface area contributed by atoms with E-state index in [0.717, 1.165) is 11.3 Å². The molecule has 19 heavy (non-hydrogen) atoms. The summed E-state index contributed by atoms with van der Waals surface area (Å²) in [6.45, 7) is -0.0215. The number of aromatic nitrogens is 1. The van der Waals surface area contributed by atoms with Crippen LogP contribution in [-0.4, -0.2) is 41.3 Å². The molecule has 2 N–H and O–H groups in total. The Labute approximate surface area is 110 Å². The van der Waals surface area contributed by atoms with Crippen LogP contribution in [0, 0.1) is 0 Å². The molecule has 1 heterocycles. The first-order valence-corrected chi connectivity index (χ1v) is 5.67. The second-order valence-corrected chi connectivity index (χ2v) is 3.69. The molecule has 0 aliphatic carbocycles. The van der Waals surface area contributed by atoms with Gasteiger partial charge in [-0.2, -0.15) is 0 Å². The number of aliphatic carboxylic acids is 1. The minimum atomic E-state index is -1.33. The van der Waals surface area contributed by atoms with Crippen LogP contribution in [0.3, 0.4) is 0 Å². The van der Waals surface area contributed by atoms with Gasteiger partial charge < -0.3 is 15.3 Å². The van der Waals surface area contributed by atoms with Gasteiger partial charge in [0, 0.05) is 10.3 Å². The number of azide groups is 1. The van der Waals surface area contributed by atoms with E-state index < -0.39 is 11.7 Å². The predicted molar refractivity (Wildman–Crippen MR) is 65.9 cm³/mol. The number of hydrogen-bond donors (Lipinski definition) is 2. The molecule has 0 radical (unpaired) electrons. The van der Waals surface area contributed by atoms with Gasteiger partial charge in [-0.05, 0) is 5.53 Å². The molecule has 0 fully saturated rings. The first kappa shape index (κ1) is 14.4. The number of amides is 1. The van der Waals surface area contributed by atoms with Crippen LogP contribution < -0.4 is 5.32 Å². The molecule has 0 aliphatic rings. The number of thiazole rings is 1. The summed E-state index contributed by atoms with van der Waals surface area (Å²) in [6, 6.07) is 0. The fraction of sp³-hybridized carbons (Fsp3) is 0.250. The number of carboxylic acid groups (broad SMARTS) is 1. The molecule has 100 valence electrons. The summed E-state index contributed by atoms with van der Waals surface area (Å²) in [7, 11) is 0. The lowest BCUT2D eigenvalue weighted by Crippen LogP contribution is -2.16. The lowest BCUT2D eigenvalue weighted by molar-refractivity contribution is -0.129. The van der Waals surface area contributed by atoms with Gasteiger partial charge in [0.2, 0.25) is 12.1 Å². The third-order valence-corrected chi connectivity index (χ3v) is 2.41. The number of nitrogens with zero attached hydrogens (tertiary/aromatic N) is 5. The third-order valence-electron chi connectivity index (χ3n) is 1.63. The fourth-order valence-electron chi connectivity index (χ4n) is 0.931. The molecule has 1 amide bonds. The van der Waals surface area contributed by atoms with Crippen LogP contribution in [0.2, 0.25) is 0 Å². The van der Waals surface area contributed by atoms with E-state index in [9.17, 15) is 9.59 Å². The smallest absolute Gasteiger partial charge is 0.360 e. The van der Waals surface area contributed by atoms with Gasteiger partial charge in [0.25, 0.3) is 0 Å². The van der Waals surface area contributed by atoms with Crippen molar-refractivity contribution in [1.29, 1.82) is 0 Å². The highest BCUT2D eigenvalue weighted by Gasteiger charge is 2.17. The van der Waals surface area contributed by atoms with Crippen molar-refractivity contribution < 1.29 is 19.5 Å². The van der Waals surface area contributed by atoms with E-state index in [4.69, 9.17) is 15.5 Å². The summed E-state index contributed by atoms with van der Waals surface area (Å²) in [6.07, 6.45) is 0.427. The quantitative estimate of drug-likeness (QED) is 0.138. The van der Waals surface area contributed by atoms with E-state index >= 15 is 0 Å². The van der Waals surface area contributed by atoms with E-state index in [0.29, 0.717) is 6.41 Å². The zero-order valence-corrected chi connectivity index (χ0v) is 10.2. The van der Waals surface area contributed by atoms with E-state index in [2.05, 4.69) is 25.5 Å². The van der Waals surface area contributed by atoms with Crippen LogP contribution >= 0.6 is 11.3 Å². The van der Waals surface area contributed by atoms with Crippen molar-refractivity contribution in [2.45, 2.75) is 0 Å². The maximum Gasteiger partial charge on any atom is 0.360 e. The first-order valence-electron chi connectivity index (χ1n) is 4.79. The second kappa shape index (κ2) is 7.63. The standard InChI is InChI=1S/C8H8N6O4S/c9-14-11-1-2-18-13-6(7(16)17)5-3-19-8(12-5)10-4-15/h3-4H,1-2H2,(H,16,17)(H,10,12,15)/b13-6-. The van der Waals surface area contributed by atoms with Gasteiger partial charge in [-0.15, -0.1) is 11.3 Å². The predicted octanol–water partition coefficient (Wildman–Crippen LogP) is 0.827. The van der Waals surface area contributed by atoms with Gasteiger partial charge in [-0.3, -0.25) is 4.79 Å². The minimum absolute atomic E-state index is 0.0297. The Bertz CT molecular complexity index is 535. The van der Waals surface area contributed by atoms with Gasteiger partial charge in [0.15, 0.2) is 5.13 Å². The minimum Gasteiger partial charge on any atom is -0.476 e. The van der Waals surface area contributed by atoms with E-state index in [1.54, 1.807) is 0 Å². The number of oxime groups is 1. The number of hydrogen-bond acceptors (Lipinski definition) is 7. The zero-order valence-electron chi connectivity index (χ0n) is 9.39. The Hall–Kier alpha value is -2.65. The van der Waals surface area contributed by atoms with Gasteiger partial charge in [-0.25, -0.2) is 9.78 Å². The van der Waals surface area contributed by atoms with Crippen LogP contribution in [-0.2, 0) is 14.4 Å². The van der Waals surface area contributed by atoms with Crippen molar-refractivity contribution in [3.8, 4) is 0 Å².